The van der Waals surface area contributed by atoms with E-state index in [0.29, 0.717) is 0 Å². The molecule has 1 atom stereocenters. The number of methoxy groups -OCH3 is 1. The molecule has 0 bridgehead atoms. The van der Waals surface area contributed by atoms with E-state index in [1.54, 1.807) is 0 Å². The Morgan fingerprint density at radius 1 is 1.25 bits per heavy atom. The largest absolute Gasteiger partial charge is 0.378 e. The molecule has 0 spiro atoms. The van der Waals surface area contributed by atoms with Gasteiger partial charge in [0, 0.05) is 13.2 Å². The lowest BCUT2D eigenvalue weighted by Gasteiger charge is -2.42. The second kappa shape index (κ2) is 5.84. The Labute approximate surface area is 122 Å². The van der Waals surface area contributed by atoms with Gasteiger partial charge in [-0.25, -0.2) is 0 Å². The zero-order valence-electron chi connectivity index (χ0n) is 13.2. The van der Waals surface area contributed by atoms with Gasteiger partial charge in [0.05, 0.1) is 5.60 Å². The van der Waals surface area contributed by atoms with Crippen LogP contribution in [-0.4, -0.2) is 12.7 Å². The van der Waals surface area contributed by atoms with E-state index in [1.165, 1.54) is 17.5 Å². The monoisotopic (exact) mass is 276 g/mol. The third-order valence-electron chi connectivity index (χ3n) is 4.65. The predicted octanol–water partition coefficient (Wildman–Crippen LogP) is 3.45. The summed E-state index contributed by atoms with van der Waals surface area (Å²) < 4.78 is 5.71. The maximum absolute atomic E-state index is 5.76. The van der Waals surface area contributed by atoms with Crippen LogP contribution >= 0.6 is 0 Å². The number of nitrogens with one attached hydrogen (secondary N) is 1. The van der Waals surface area contributed by atoms with E-state index in [0.717, 1.165) is 19.3 Å². The van der Waals surface area contributed by atoms with Gasteiger partial charge >= 0.3 is 0 Å². The molecular weight excluding hydrogens is 248 g/mol. The molecule has 0 amide bonds. The zero-order chi connectivity index (χ0) is 14.8. The van der Waals surface area contributed by atoms with Gasteiger partial charge in [-0.2, -0.15) is 0 Å². The van der Waals surface area contributed by atoms with Crippen LogP contribution in [0.3, 0.4) is 0 Å². The van der Waals surface area contributed by atoms with Crippen molar-refractivity contribution in [3.8, 4) is 0 Å². The van der Waals surface area contributed by atoms with Gasteiger partial charge in [0.15, 0.2) is 0 Å². The van der Waals surface area contributed by atoms with Crippen LogP contribution in [0.2, 0.25) is 0 Å². The summed E-state index contributed by atoms with van der Waals surface area (Å²) >= 11 is 0. The van der Waals surface area contributed by atoms with Crippen LogP contribution in [0.15, 0.2) is 24.3 Å². The molecule has 0 aliphatic heterocycles. The summed E-state index contributed by atoms with van der Waals surface area (Å²) in [5.41, 5.74) is 5.76. The molecule has 1 unspecified atom stereocenters. The summed E-state index contributed by atoms with van der Waals surface area (Å²) in [7, 11) is 1.81. The minimum atomic E-state index is 0.0275. The van der Waals surface area contributed by atoms with Crippen molar-refractivity contribution in [1.82, 2.24) is 5.43 Å². The Bertz CT molecular complexity index is 424. The average molecular weight is 276 g/mol. The van der Waals surface area contributed by atoms with Crippen LogP contribution in [-0.2, 0) is 10.2 Å². The lowest BCUT2D eigenvalue weighted by atomic mass is 9.74. The first-order valence-corrected chi connectivity index (χ1v) is 7.52. The standard InChI is InChI=1S/C17H28N2O/c1-16(2,3)14-8-6-13(7-9-14)15(19-18)12-17(20-4)10-5-11-17/h6-9,15,19H,5,10-12,18H2,1-4H3. The summed E-state index contributed by atoms with van der Waals surface area (Å²) in [6.07, 6.45) is 4.48. The van der Waals surface area contributed by atoms with Crippen molar-refractivity contribution in [2.45, 2.75) is 63.5 Å². The Kier molecular flexibility index (Phi) is 4.52. The highest BCUT2D eigenvalue weighted by Crippen LogP contribution is 2.41. The number of hydrogen-bond acceptors (Lipinski definition) is 3. The van der Waals surface area contributed by atoms with E-state index in [2.05, 4.69) is 50.5 Å². The topological polar surface area (TPSA) is 47.3 Å². The molecule has 1 saturated carbocycles. The van der Waals surface area contributed by atoms with Crippen molar-refractivity contribution in [3.63, 3.8) is 0 Å². The fourth-order valence-electron chi connectivity index (χ4n) is 2.92. The molecule has 0 heterocycles. The molecule has 1 aliphatic rings. The number of ether oxygens (including phenoxy) is 1. The Morgan fingerprint density at radius 3 is 2.20 bits per heavy atom. The molecule has 0 saturated heterocycles. The summed E-state index contributed by atoms with van der Waals surface area (Å²) in [4.78, 5) is 0. The maximum Gasteiger partial charge on any atom is 0.0697 e. The SMILES string of the molecule is COC1(CC(NN)c2ccc(C(C)(C)C)cc2)CCC1. The first-order chi connectivity index (χ1) is 9.40. The summed E-state index contributed by atoms with van der Waals surface area (Å²) in [6, 6.07) is 8.95. The van der Waals surface area contributed by atoms with Gasteiger partial charge in [0.25, 0.3) is 0 Å². The van der Waals surface area contributed by atoms with Crippen molar-refractivity contribution in [2.75, 3.05) is 7.11 Å². The van der Waals surface area contributed by atoms with Crippen LogP contribution in [0, 0.1) is 0 Å². The van der Waals surface area contributed by atoms with E-state index in [-0.39, 0.29) is 17.1 Å². The smallest absolute Gasteiger partial charge is 0.0697 e. The maximum atomic E-state index is 5.76. The van der Waals surface area contributed by atoms with Gasteiger partial charge < -0.3 is 4.74 Å². The molecule has 0 aromatic heterocycles. The van der Waals surface area contributed by atoms with Crippen LogP contribution in [0.4, 0.5) is 0 Å². The molecule has 3 nitrogen and oxygen atoms in total. The third-order valence-corrected chi connectivity index (χ3v) is 4.65. The van der Waals surface area contributed by atoms with Crippen LogP contribution in [0.1, 0.15) is 63.6 Å². The fourth-order valence-corrected chi connectivity index (χ4v) is 2.92. The second-order valence-corrected chi connectivity index (χ2v) is 7.04. The Balaban J connectivity index is 2.11. The van der Waals surface area contributed by atoms with E-state index in [1.807, 2.05) is 7.11 Å². The number of hydrazine groups is 1. The lowest BCUT2D eigenvalue weighted by molar-refractivity contribution is -0.0838. The van der Waals surface area contributed by atoms with E-state index in [9.17, 15) is 0 Å². The molecule has 1 aromatic rings. The van der Waals surface area contributed by atoms with Crippen molar-refractivity contribution in [1.29, 1.82) is 0 Å². The zero-order valence-corrected chi connectivity index (χ0v) is 13.2. The third kappa shape index (κ3) is 3.22. The Morgan fingerprint density at radius 2 is 1.85 bits per heavy atom. The number of benzene rings is 1. The van der Waals surface area contributed by atoms with E-state index >= 15 is 0 Å². The first-order valence-electron chi connectivity index (χ1n) is 7.52. The van der Waals surface area contributed by atoms with E-state index < -0.39 is 0 Å². The average Bonchev–Trinajstić information content (AvgIpc) is 2.38. The minimum absolute atomic E-state index is 0.0275. The number of rotatable bonds is 5. The van der Waals surface area contributed by atoms with Crippen molar-refractivity contribution in [2.24, 2.45) is 5.84 Å². The molecule has 3 heteroatoms. The highest BCUT2D eigenvalue weighted by atomic mass is 16.5. The molecule has 1 aliphatic carbocycles. The number of nitrogens with two attached hydrogens (primary N) is 1. The van der Waals surface area contributed by atoms with Crippen molar-refractivity contribution in [3.05, 3.63) is 35.4 Å². The van der Waals surface area contributed by atoms with Gasteiger partial charge in [-0.15, -0.1) is 0 Å². The van der Waals surface area contributed by atoms with Gasteiger partial charge in [0.2, 0.25) is 0 Å². The second-order valence-electron chi connectivity index (χ2n) is 7.04. The normalized spacial score (nSPS) is 19.4. The molecular formula is C17H28N2O. The minimum Gasteiger partial charge on any atom is -0.378 e. The molecule has 2 rings (SSSR count). The van der Waals surface area contributed by atoms with Gasteiger partial charge in [-0.3, -0.25) is 11.3 Å². The lowest BCUT2D eigenvalue weighted by Crippen LogP contribution is -2.44. The van der Waals surface area contributed by atoms with Crippen LogP contribution in [0.5, 0.6) is 0 Å². The van der Waals surface area contributed by atoms with Gasteiger partial charge in [-0.1, -0.05) is 45.0 Å². The summed E-state index contributed by atoms with van der Waals surface area (Å²) in [5, 5.41) is 0. The van der Waals surface area contributed by atoms with Crippen molar-refractivity contribution >= 4 is 0 Å². The Hall–Kier alpha value is -0.900. The molecule has 20 heavy (non-hydrogen) atoms. The highest BCUT2D eigenvalue weighted by molar-refractivity contribution is 5.29. The highest BCUT2D eigenvalue weighted by Gasteiger charge is 2.39. The molecule has 112 valence electrons. The first kappa shape index (κ1) is 15.5. The molecule has 3 N–H and O–H groups in total. The van der Waals surface area contributed by atoms with E-state index in [4.69, 9.17) is 10.6 Å². The molecule has 1 fully saturated rings. The van der Waals surface area contributed by atoms with Crippen LogP contribution in [0.25, 0.3) is 0 Å². The van der Waals surface area contributed by atoms with Crippen molar-refractivity contribution < 1.29 is 4.74 Å². The predicted molar refractivity (Wildman–Crippen MR) is 83.4 cm³/mol. The quantitative estimate of drug-likeness (QED) is 0.639. The van der Waals surface area contributed by atoms with Gasteiger partial charge in [-0.05, 0) is 42.2 Å². The number of hydrogen-bond donors (Lipinski definition) is 2. The molecule has 0 radical (unpaired) electrons. The fraction of sp³-hybridized carbons (Fsp3) is 0.647. The van der Waals surface area contributed by atoms with Gasteiger partial charge in [0.1, 0.15) is 0 Å². The summed E-state index contributed by atoms with van der Waals surface area (Å²) in [6.45, 7) is 6.69. The van der Waals surface area contributed by atoms with Crippen LogP contribution < -0.4 is 11.3 Å². The molecule has 1 aromatic carbocycles. The summed E-state index contributed by atoms with van der Waals surface area (Å²) in [5.74, 6) is 5.76.